The molecule has 1 saturated heterocycles. The van der Waals surface area contributed by atoms with Gasteiger partial charge in [0.2, 0.25) is 0 Å². The molecule has 2 heterocycles. The van der Waals surface area contributed by atoms with Gasteiger partial charge in [0.15, 0.2) is 5.78 Å². The summed E-state index contributed by atoms with van der Waals surface area (Å²) in [5.74, 6) is 0.182. The van der Waals surface area contributed by atoms with E-state index in [-0.39, 0.29) is 11.9 Å². The summed E-state index contributed by atoms with van der Waals surface area (Å²) in [7, 11) is 0. The van der Waals surface area contributed by atoms with E-state index < -0.39 is 0 Å². The minimum Gasteiger partial charge on any atom is -0.375 e. The number of ketones is 1. The molecule has 0 aliphatic carbocycles. The third-order valence-corrected chi connectivity index (χ3v) is 4.16. The lowest BCUT2D eigenvalue weighted by atomic mass is 10.0. The fourth-order valence-corrected chi connectivity index (χ4v) is 3.23. The number of fused-ring (bicyclic) bond motifs is 1. The first-order valence-electron chi connectivity index (χ1n) is 6.16. The van der Waals surface area contributed by atoms with Gasteiger partial charge < -0.3 is 10.1 Å². The van der Waals surface area contributed by atoms with Crippen LogP contribution in [-0.2, 0) is 4.74 Å². The molecule has 1 fully saturated rings. The zero-order valence-corrected chi connectivity index (χ0v) is 10.8. The van der Waals surface area contributed by atoms with Crippen molar-refractivity contribution in [2.75, 3.05) is 19.7 Å². The third-order valence-electron chi connectivity index (χ3n) is 3.20. The fourth-order valence-electron chi connectivity index (χ4n) is 2.26. The molecule has 0 saturated carbocycles. The summed E-state index contributed by atoms with van der Waals surface area (Å²) in [6.07, 6.45) is 0.484. The Morgan fingerprint density at radius 3 is 3.17 bits per heavy atom. The number of carbonyl (C=O) groups excluding carboxylic acids is 1. The summed E-state index contributed by atoms with van der Waals surface area (Å²) >= 11 is 1.63. The highest BCUT2D eigenvalue weighted by molar-refractivity contribution is 7.17. The smallest absolute Gasteiger partial charge is 0.166 e. The molecule has 4 heteroatoms. The SMILES string of the molecule is O=C(CC1CNCCO1)c1csc2ccccc12. The first-order valence-corrected chi connectivity index (χ1v) is 7.04. The highest BCUT2D eigenvalue weighted by Gasteiger charge is 2.20. The number of hydrogen-bond acceptors (Lipinski definition) is 4. The summed E-state index contributed by atoms with van der Waals surface area (Å²) in [6, 6.07) is 8.04. The highest BCUT2D eigenvalue weighted by atomic mass is 32.1. The Balaban J connectivity index is 1.79. The molecule has 1 N–H and O–H groups in total. The minimum absolute atomic E-state index is 0.0184. The monoisotopic (exact) mass is 261 g/mol. The summed E-state index contributed by atoms with van der Waals surface area (Å²) in [5, 5.41) is 6.28. The van der Waals surface area contributed by atoms with Crippen LogP contribution in [0.3, 0.4) is 0 Å². The van der Waals surface area contributed by atoms with Crippen molar-refractivity contribution in [3.8, 4) is 0 Å². The van der Waals surface area contributed by atoms with Crippen molar-refractivity contribution in [1.29, 1.82) is 0 Å². The van der Waals surface area contributed by atoms with Crippen molar-refractivity contribution in [2.24, 2.45) is 0 Å². The van der Waals surface area contributed by atoms with E-state index in [1.54, 1.807) is 11.3 Å². The van der Waals surface area contributed by atoms with Crippen LogP contribution in [0.25, 0.3) is 10.1 Å². The number of morpholine rings is 1. The molecular formula is C14H15NO2S. The van der Waals surface area contributed by atoms with Crippen LogP contribution in [-0.4, -0.2) is 31.6 Å². The Bertz CT molecular complexity index is 558. The maximum Gasteiger partial charge on any atom is 0.166 e. The van der Waals surface area contributed by atoms with Gasteiger partial charge in [-0.15, -0.1) is 11.3 Å². The number of hydrogen-bond donors (Lipinski definition) is 1. The van der Waals surface area contributed by atoms with Gasteiger partial charge in [0.1, 0.15) is 0 Å². The number of benzene rings is 1. The van der Waals surface area contributed by atoms with E-state index >= 15 is 0 Å². The lowest BCUT2D eigenvalue weighted by Gasteiger charge is -2.22. The second-order valence-corrected chi connectivity index (χ2v) is 5.38. The van der Waals surface area contributed by atoms with Crippen molar-refractivity contribution >= 4 is 27.2 Å². The predicted octanol–water partition coefficient (Wildman–Crippen LogP) is 2.46. The van der Waals surface area contributed by atoms with Crippen LogP contribution < -0.4 is 5.32 Å². The topological polar surface area (TPSA) is 38.3 Å². The first kappa shape index (κ1) is 11.8. The van der Waals surface area contributed by atoms with Gasteiger partial charge in [0, 0.05) is 40.5 Å². The van der Waals surface area contributed by atoms with E-state index in [1.165, 1.54) is 4.70 Å². The van der Waals surface area contributed by atoms with Crippen LogP contribution in [0.5, 0.6) is 0 Å². The van der Waals surface area contributed by atoms with Gasteiger partial charge in [-0.25, -0.2) is 0 Å². The van der Waals surface area contributed by atoms with E-state index in [4.69, 9.17) is 4.74 Å². The number of carbonyl (C=O) groups is 1. The summed E-state index contributed by atoms with van der Waals surface area (Å²) in [5.41, 5.74) is 0.838. The lowest BCUT2D eigenvalue weighted by Crippen LogP contribution is -2.39. The van der Waals surface area contributed by atoms with Crippen molar-refractivity contribution in [2.45, 2.75) is 12.5 Å². The van der Waals surface area contributed by atoms with Crippen LogP contribution in [0.15, 0.2) is 29.6 Å². The molecule has 3 nitrogen and oxygen atoms in total. The van der Waals surface area contributed by atoms with Gasteiger partial charge in [0.25, 0.3) is 0 Å². The maximum atomic E-state index is 12.3. The molecular weight excluding hydrogens is 246 g/mol. The molecule has 2 aromatic rings. The van der Waals surface area contributed by atoms with Crippen LogP contribution in [0.4, 0.5) is 0 Å². The van der Waals surface area contributed by atoms with E-state index in [1.807, 2.05) is 23.6 Å². The zero-order valence-electron chi connectivity index (χ0n) is 10.0. The number of rotatable bonds is 3. The summed E-state index contributed by atoms with van der Waals surface area (Å²) in [6.45, 7) is 2.35. The lowest BCUT2D eigenvalue weighted by molar-refractivity contribution is 0.0240. The Kier molecular flexibility index (Phi) is 3.41. The Morgan fingerprint density at radius 1 is 1.44 bits per heavy atom. The van der Waals surface area contributed by atoms with Crippen LogP contribution in [0.1, 0.15) is 16.8 Å². The number of thiophene rings is 1. The van der Waals surface area contributed by atoms with Crippen molar-refractivity contribution in [1.82, 2.24) is 5.32 Å². The number of nitrogens with one attached hydrogen (secondary N) is 1. The largest absolute Gasteiger partial charge is 0.375 e. The standard InChI is InChI=1S/C14H15NO2S/c16-13(7-10-8-15-5-6-17-10)12-9-18-14-4-2-1-3-11(12)14/h1-4,9-10,15H,5-8H2. The Morgan fingerprint density at radius 2 is 2.33 bits per heavy atom. The highest BCUT2D eigenvalue weighted by Crippen LogP contribution is 2.27. The molecule has 1 aromatic carbocycles. The van der Waals surface area contributed by atoms with E-state index in [9.17, 15) is 4.79 Å². The molecule has 1 aliphatic rings. The van der Waals surface area contributed by atoms with Crippen molar-refractivity contribution in [3.63, 3.8) is 0 Å². The average Bonchev–Trinajstić information content (AvgIpc) is 2.84. The normalized spacial score (nSPS) is 20.1. The number of Topliss-reactive ketones (excluding diaryl/α,β-unsaturated/α-hetero) is 1. The molecule has 0 spiro atoms. The van der Waals surface area contributed by atoms with Crippen LogP contribution >= 0.6 is 11.3 Å². The van der Waals surface area contributed by atoms with Crippen LogP contribution in [0.2, 0.25) is 0 Å². The molecule has 18 heavy (non-hydrogen) atoms. The minimum atomic E-state index is 0.0184. The fraction of sp³-hybridized carbons (Fsp3) is 0.357. The molecule has 1 aromatic heterocycles. The molecule has 1 unspecified atom stereocenters. The van der Waals surface area contributed by atoms with E-state index in [0.717, 1.165) is 24.0 Å². The molecule has 0 amide bonds. The zero-order chi connectivity index (χ0) is 12.4. The van der Waals surface area contributed by atoms with Gasteiger partial charge in [0.05, 0.1) is 12.7 Å². The Hall–Kier alpha value is -1.23. The first-order chi connectivity index (χ1) is 8.84. The maximum absolute atomic E-state index is 12.3. The third kappa shape index (κ3) is 2.32. The molecule has 0 radical (unpaired) electrons. The predicted molar refractivity (Wildman–Crippen MR) is 73.4 cm³/mol. The van der Waals surface area contributed by atoms with Gasteiger partial charge in [-0.3, -0.25) is 4.79 Å². The Labute approximate surface area is 110 Å². The summed E-state index contributed by atoms with van der Waals surface area (Å²) in [4.78, 5) is 12.3. The number of ether oxygens (including phenoxy) is 1. The van der Waals surface area contributed by atoms with Gasteiger partial charge in [-0.1, -0.05) is 18.2 Å². The molecule has 0 bridgehead atoms. The summed E-state index contributed by atoms with van der Waals surface area (Å²) < 4.78 is 6.75. The van der Waals surface area contributed by atoms with Gasteiger partial charge in [-0.05, 0) is 6.07 Å². The molecule has 1 atom stereocenters. The second kappa shape index (κ2) is 5.18. The van der Waals surface area contributed by atoms with Crippen LogP contribution in [0, 0.1) is 0 Å². The van der Waals surface area contributed by atoms with Gasteiger partial charge in [-0.2, -0.15) is 0 Å². The average molecular weight is 261 g/mol. The molecule has 3 rings (SSSR count). The second-order valence-electron chi connectivity index (χ2n) is 4.47. The quantitative estimate of drug-likeness (QED) is 0.863. The van der Waals surface area contributed by atoms with Crippen molar-refractivity contribution in [3.05, 3.63) is 35.2 Å². The van der Waals surface area contributed by atoms with Gasteiger partial charge >= 0.3 is 0 Å². The van der Waals surface area contributed by atoms with Crippen molar-refractivity contribution < 1.29 is 9.53 Å². The molecule has 1 aliphatic heterocycles. The van der Waals surface area contributed by atoms with E-state index in [0.29, 0.717) is 13.0 Å². The molecule has 94 valence electrons. The van der Waals surface area contributed by atoms with E-state index in [2.05, 4.69) is 11.4 Å².